The minimum Gasteiger partial charge on any atom is -0.398 e. The number of nitrogens with one attached hydrogen (secondary N) is 2. The summed E-state index contributed by atoms with van der Waals surface area (Å²) in [6.07, 6.45) is 0. The molecular weight excluding hydrogens is 313 g/mol. The van der Waals surface area contributed by atoms with Gasteiger partial charge in [0.2, 0.25) is 0 Å². The SMILES string of the molecule is Nc1cc(NC(=O)Nc2ccc(F)cc2)ccc1Br. The van der Waals surface area contributed by atoms with Crippen LogP contribution in [0.5, 0.6) is 0 Å². The van der Waals surface area contributed by atoms with Gasteiger partial charge in [0.1, 0.15) is 5.82 Å². The zero-order chi connectivity index (χ0) is 13.8. The van der Waals surface area contributed by atoms with Crippen molar-refractivity contribution in [1.29, 1.82) is 0 Å². The predicted molar refractivity (Wildman–Crippen MR) is 77.6 cm³/mol. The molecule has 0 bridgehead atoms. The second-order valence-corrected chi connectivity index (χ2v) is 4.68. The minimum atomic E-state index is -0.423. The molecule has 6 heteroatoms. The average Bonchev–Trinajstić information content (AvgIpc) is 2.37. The van der Waals surface area contributed by atoms with Gasteiger partial charge in [0.05, 0.1) is 0 Å². The molecule has 2 amide bonds. The molecule has 0 atom stereocenters. The van der Waals surface area contributed by atoms with Crippen molar-refractivity contribution in [3.8, 4) is 0 Å². The van der Waals surface area contributed by atoms with Crippen molar-refractivity contribution in [2.45, 2.75) is 0 Å². The van der Waals surface area contributed by atoms with Crippen molar-refractivity contribution < 1.29 is 9.18 Å². The Morgan fingerprint density at radius 2 is 1.63 bits per heavy atom. The van der Waals surface area contributed by atoms with Gasteiger partial charge in [0, 0.05) is 21.5 Å². The lowest BCUT2D eigenvalue weighted by molar-refractivity contribution is 0.262. The molecule has 0 saturated carbocycles. The Balaban J connectivity index is 2.01. The molecule has 4 N–H and O–H groups in total. The number of hydrogen-bond acceptors (Lipinski definition) is 2. The quantitative estimate of drug-likeness (QED) is 0.735. The highest BCUT2D eigenvalue weighted by Gasteiger charge is 2.04. The second kappa shape index (κ2) is 5.71. The van der Waals surface area contributed by atoms with E-state index >= 15 is 0 Å². The van der Waals surface area contributed by atoms with Gasteiger partial charge in [-0.05, 0) is 58.4 Å². The molecule has 0 aliphatic heterocycles. The Morgan fingerprint density at radius 1 is 1.05 bits per heavy atom. The lowest BCUT2D eigenvalue weighted by atomic mass is 10.3. The van der Waals surface area contributed by atoms with Crippen LogP contribution in [-0.2, 0) is 0 Å². The van der Waals surface area contributed by atoms with Gasteiger partial charge in [-0.1, -0.05) is 0 Å². The third kappa shape index (κ3) is 3.69. The molecule has 2 aromatic carbocycles. The zero-order valence-corrected chi connectivity index (χ0v) is 11.4. The maximum atomic E-state index is 12.7. The van der Waals surface area contributed by atoms with Crippen LogP contribution in [0.2, 0.25) is 0 Å². The number of benzene rings is 2. The van der Waals surface area contributed by atoms with E-state index in [2.05, 4.69) is 26.6 Å². The maximum Gasteiger partial charge on any atom is 0.323 e. The van der Waals surface area contributed by atoms with Crippen molar-refractivity contribution in [1.82, 2.24) is 0 Å². The first kappa shape index (κ1) is 13.4. The van der Waals surface area contributed by atoms with Crippen LogP contribution in [0.3, 0.4) is 0 Å². The Labute approximate surface area is 117 Å². The third-order valence-corrected chi connectivity index (χ3v) is 3.08. The van der Waals surface area contributed by atoms with E-state index in [1.807, 2.05) is 0 Å². The first-order valence-electron chi connectivity index (χ1n) is 5.43. The van der Waals surface area contributed by atoms with Crippen molar-refractivity contribution in [3.63, 3.8) is 0 Å². The number of nitrogen functional groups attached to an aromatic ring is 1. The fourth-order valence-electron chi connectivity index (χ4n) is 1.45. The number of halogens is 2. The molecule has 0 saturated heterocycles. The van der Waals surface area contributed by atoms with Crippen LogP contribution in [0.15, 0.2) is 46.9 Å². The Bertz CT molecular complexity index is 601. The van der Waals surface area contributed by atoms with E-state index in [9.17, 15) is 9.18 Å². The van der Waals surface area contributed by atoms with Crippen LogP contribution < -0.4 is 16.4 Å². The summed E-state index contributed by atoms with van der Waals surface area (Å²) in [6, 6.07) is 10.2. The van der Waals surface area contributed by atoms with Gasteiger partial charge in [-0.2, -0.15) is 0 Å². The van der Waals surface area contributed by atoms with E-state index in [4.69, 9.17) is 5.73 Å². The normalized spacial score (nSPS) is 10.0. The largest absolute Gasteiger partial charge is 0.398 e. The molecule has 19 heavy (non-hydrogen) atoms. The Morgan fingerprint density at radius 3 is 2.26 bits per heavy atom. The fraction of sp³-hybridized carbons (Fsp3) is 0. The highest BCUT2D eigenvalue weighted by Crippen LogP contribution is 2.23. The maximum absolute atomic E-state index is 12.7. The summed E-state index contributed by atoms with van der Waals surface area (Å²) in [5, 5.41) is 5.21. The van der Waals surface area contributed by atoms with E-state index < -0.39 is 6.03 Å². The lowest BCUT2D eigenvalue weighted by Gasteiger charge is -2.08. The molecule has 2 aromatic rings. The summed E-state index contributed by atoms with van der Waals surface area (Å²) in [5.41, 5.74) is 7.31. The van der Waals surface area contributed by atoms with Crippen LogP contribution >= 0.6 is 15.9 Å². The van der Waals surface area contributed by atoms with E-state index in [-0.39, 0.29) is 5.82 Å². The number of hydrogen-bond donors (Lipinski definition) is 3. The van der Waals surface area contributed by atoms with Crippen molar-refractivity contribution in [2.24, 2.45) is 0 Å². The van der Waals surface area contributed by atoms with Gasteiger partial charge in [0.15, 0.2) is 0 Å². The van der Waals surface area contributed by atoms with E-state index in [0.29, 0.717) is 17.1 Å². The second-order valence-electron chi connectivity index (χ2n) is 3.82. The summed E-state index contributed by atoms with van der Waals surface area (Å²) >= 11 is 3.27. The highest BCUT2D eigenvalue weighted by molar-refractivity contribution is 9.10. The number of urea groups is 1. The molecule has 98 valence electrons. The van der Waals surface area contributed by atoms with E-state index in [1.54, 1.807) is 18.2 Å². The fourth-order valence-corrected chi connectivity index (χ4v) is 1.69. The molecule has 0 aliphatic carbocycles. The van der Waals surface area contributed by atoms with Crippen molar-refractivity contribution in [2.75, 3.05) is 16.4 Å². The average molecular weight is 324 g/mol. The summed E-state index contributed by atoms with van der Waals surface area (Å²) in [7, 11) is 0. The topological polar surface area (TPSA) is 67.1 Å². The van der Waals surface area contributed by atoms with Gasteiger partial charge in [-0.25, -0.2) is 9.18 Å². The third-order valence-electron chi connectivity index (χ3n) is 2.36. The van der Waals surface area contributed by atoms with Gasteiger partial charge < -0.3 is 16.4 Å². The first-order chi connectivity index (χ1) is 9.04. The smallest absolute Gasteiger partial charge is 0.323 e. The van der Waals surface area contributed by atoms with Gasteiger partial charge in [-0.15, -0.1) is 0 Å². The molecule has 4 nitrogen and oxygen atoms in total. The molecule has 0 aromatic heterocycles. The van der Waals surface area contributed by atoms with E-state index in [1.165, 1.54) is 24.3 Å². The number of amides is 2. The number of carbonyl (C=O) groups is 1. The molecule has 0 unspecified atom stereocenters. The van der Waals surface area contributed by atoms with Crippen LogP contribution in [0.25, 0.3) is 0 Å². The molecule has 0 fully saturated rings. The standard InChI is InChI=1S/C13H11BrFN3O/c14-11-6-5-10(7-12(11)16)18-13(19)17-9-3-1-8(15)2-4-9/h1-7H,16H2,(H2,17,18,19). The first-order valence-corrected chi connectivity index (χ1v) is 6.22. The molecule has 0 heterocycles. The van der Waals surface area contributed by atoms with Crippen LogP contribution in [-0.4, -0.2) is 6.03 Å². The van der Waals surface area contributed by atoms with Crippen LogP contribution in [0, 0.1) is 5.82 Å². The summed E-state index contributed by atoms with van der Waals surface area (Å²) in [5.74, 6) is -0.355. The predicted octanol–water partition coefficient (Wildman–Crippen LogP) is 3.81. The van der Waals surface area contributed by atoms with Gasteiger partial charge in [0.25, 0.3) is 0 Å². The minimum absolute atomic E-state index is 0.355. The summed E-state index contributed by atoms with van der Waals surface area (Å²) in [6.45, 7) is 0. The van der Waals surface area contributed by atoms with Crippen molar-refractivity contribution >= 4 is 39.0 Å². The Kier molecular flexibility index (Phi) is 4.01. The highest BCUT2D eigenvalue weighted by atomic mass is 79.9. The van der Waals surface area contributed by atoms with E-state index in [0.717, 1.165) is 4.47 Å². The van der Waals surface area contributed by atoms with Gasteiger partial charge >= 0.3 is 6.03 Å². The number of anilines is 3. The molecule has 0 aliphatic rings. The summed E-state index contributed by atoms with van der Waals surface area (Å²) in [4.78, 5) is 11.7. The number of rotatable bonds is 2. The number of carbonyl (C=O) groups excluding carboxylic acids is 1. The molecular formula is C13H11BrFN3O. The molecule has 2 rings (SSSR count). The molecule has 0 radical (unpaired) electrons. The number of nitrogens with two attached hydrogens (primary N) is 1. The summed E-state index contributed by atoms with van der Waals surface area (Å²) < 4.78 is 13.5. The van der Waals surface area contributed by atoms with Gasteiger partial charge in [-0.3, -0.25) is 0 Å². The zero-order valence-electron chi connectivity index (χ0n) is 9.78. The lowest BCUT2D eigenvalue weighted by Crippen LogP contribution is -2.19. The monoisotopic (exact) mass is 323 g/mol. The van der Waals surface area contributed by atoms with Crippen LogP contribution in [0.4, 0.5) is 26.2 Å². The van der Waals surface area contributed by atoms with Crippen molar-refractivity contribution in [3.05, 3.63) is 52.8 Å². The Hall–Kier alpha value is -2.08. The molecule has 0 spiro atoms. The van der Waals surface area contributed by atoms with Crippen LogP contribution in [0.1, 0.15) is 0 Å².